The number of rotatable bonds is 37. The van der Waals surface area contributed by atoms with E-state index in [2.05, 4.69) is 68.5 Å². The fourth-order valence-electron chi connectivity index (χ4n) is 5.25. The minimum absolute atomic E-state index is 0.0455. The van der Waals surface area contributed by atoms with Gasteiger partial charge in [0.15, 0.2) is 6.10 Å². The van der Waals surface area contributed by atoms with Crippen LogP contribution in [0.5, 0.6) is 0 Å². The Morgan fingerprint density at radius 3 is 1.67 bits per heavy atom. The number of nitrogens with zero attached hydrogens (tertiary/aromatic N) is 1. The molecule has 0 aliphatic heterocycles. The second-order valence-electron chi connectivity index (χ2n) is 15.0. The van der Waals surface area contributed by atoms with Crippen LogP contribution in [0.1, 0.15) is 155 Å². The fraction of sp³-hybridized carbons (Fsp3) is 0.727. The van der Waals surface area contributed by atoms with Crippen molar-refractivity contribution in [2.75, 3.05) is 47.5 Å². The smallest absolute Gasteiger partial charge is 0.306 e. The van der Waals surface area contributed by atoms with Gasteiger partial charge in [0.2, 0.25) is 0 Å². The van der Waals surface area contributed by atoms with Gasteiger partial charge in [-0.15, -0.1) is 0 Å². The summed E-state index contributed by atoms with van der Waals surface area (Å²) in [5, 5.41) is 0. The van der Waals surface area contributed by atoms with Crippen molar-refractivity contribution in [1.29, 1.82) is 0 Å². The SMILES string of the molecule is CC/C=C/C/C=C/C/C=C/C/C=C/CCCCC(=O)OC[C@H](COP(=O)([O-])OCC[N+](C)(C)C)OC(=O)CC/C=C/CCCCCCCCCCCCC. The molecule has 2 atom stereocenters. The van der Waals surface area contributed by atoms with Crippen molar-refractivity contribution in [2.45, 2.75) is 161 Å². The summed E-state index contributed by atoms with van der Waals surface area (Å²) in [5.41, 5.74) is 0. The van der Waals surface area contributed by atoms with E-state index in [9.17, 15) is 19.0 Å². The Morgan fingerprint density at radius 1 is 0.593 bits per heavy atom. The quantitative estimate of drug-likeness (QED) is 0.0201. The molecule has 10 heteroatoms. The van der Waals surface area contributed by atoms with Crippen LogP contribution in [0.3, 0.4) is 0 Å². The number of phosphoric acid groups is 1. The molecule has 0 saturated heterocycles. The largest absolute Gasteiger partial charge is 0.756 e. The van der Waals surface area contributed by atoms with Gasteiger partial charge in [-0.2, -0.15) is 0 Å². The maximum Gasteiger partial charge on any atom is 0.306 e. The number of unbranched alkanes of at least 4 members (excludes halogenated alkanes) is 13. The summed E-state index contributed by atoms with van der Waals surface area (Å²) in [7, 11) is 1.11. The van der Waals surface area contributed by atoms with Crippen molar-refractivity contribution in [3.8, 4) is 0 Å². The maximum absolute atomic E-state index is 12.6. The molecule has 0 heterocycles. The average molecular weight is 780 g/mol. The number of hydrogen-bond donors (Lipinski definition) is 0. The molecular formula is C44H78NO8P. The first-order chi connectivity index (χ1) is 26.0. The molecule has 0 aliphatic carbocycles. The van der Waals surface area contributed by atoms with Gasteiger partial charge in [0.05, 0.1) is 27.7 Å². The molecule has 0 aliphatic rings. The van der Waals surface area contributed by atoms with Gasteiger partial charge in [0.25, 0.3) is 7.82 Å². The lowest BCUT2D eigenvalue weighted by Gasteiger charge is -2.28. The van der Waals surface area contributed by atoms with Gasteiger partial charge in [-0.05, 0) is 64.2 Å². The first-order valence-corrected chi connectivity index (χ1v) is 22.5. The Bertz CT molecular complexity index is 1110. The summed E-state index contributed by atoms with van der Waals surface area (Å²) in [4.78, 5) is 37.4. The standard InChI is InChI=1S/C44H78NO8P/c1-6-8-10-12-14-16-18-20-22-24-26-28-30-32-34-36-43(46)50-40-42(41-52-54(48,49)51-39-38-45(3,4)5)53-44(47)37-35-33-31-29-27-25-23-21-19-17-15-13-11-9-7-2/h8,10,14,16,20,22,26,28,31,33,42H,6-7,9,11-13,15,17-19,21,23-25,27,29-30,32,34-41H2,1-5H3/b10-8+,16-14+,22-20+,28-26+,33-31+/t42-/m1/s1. The van der Waals surface area contributed by atoms with Crippen LogP contribution in [0.4, 0.5) is 0 Å². The highest BCUT2D eigenvalue weighted by molar-refractivity contribution is 7.45. The maximum atomic E-state index is 12.6. The highest BCUT2D eigenvalue weighted by atomic mass is 31.2. The molecule has 54 heavy (non-hydrogen) atoms. The molecule has 0 N–H and O–H groups in total. The Kier molecular flexibility index (Phi) is 34.8. The van der Waals surface area contributed by atoms with Crippen molar-refractivity contribution in [1.82, 2.24) is 0 Å². The summed E-state index contributed by atoms with van der Waals surface area (Å²) in [6.07, 6.45) is 42.7. The van der Waals surface area contributed by atoms with Crippen LogP contribution in [0.2, 0.25) is 0 Å². The number of quaternary nitrogens is 1. The van der Waals surface area contributed by atoms with Gasteiger partial charge >= 0.3 is 11.9 Å². The van der Waals surface area contributed by atoms with Crippen LogP contribution >= 0.6 is 7.82 Å². The molecule has 1 unspecified atom stereocenters. The van der Waals surface area contributed by atoms with E-state index in [0.717, 1.165) is 51.4 Å². The zero-order valence-corrected chi connectivity index (χ0v) is 35.8. The van der Waals surface area contributed by atoms with E-state index < -0.39 is 32.5 Å². The third-order valence-corrected chi connectivity index (χ3v) is 9.50. The molecule has 0 fully saturated rings. The summed E-state index contributed by atoms with van der Waals surface area (Å²) in [5.74, 6) is -0.945. The van der Waals surface area contributed by atoms with Gasteiger partial charge < -0.3 is 27.9 Å². The van der Waals surface area contributed by atoms with E-state index >= 15 is 0 Å². The van der Waals surface area contributed by atoms with Crippen molar-refractivity contribution in [3.05, 3.63) is 60.8 Å². The fourth-order valence-corrected chi connectivity index (χ4v) is 5.98. The number of hydrogen-bond acceptors (Lipinski definition) is 8. The van der Waals surface area contributed by atoms with Gasteiger partial charge in [0, 0.05) is 12.8 Å². The molecule has 0 aromatic rings. The van der Waals surface area contributed by atoms with E-state index in [1.54, 1.807) is 0 Å². The van der Waals surface area contributed by atoms with Crippen molar-refractivity contribution in [2.24, 2.45) is 0 Å². The minimum atomic E-state index is -4.64. The van der Waals surface area contributed by atoms with Crippen LogP contribution in [-0.2, 0) is 32.7 Å². The topological polar surface area (TPSA) is 111 Å². The first kappa shape index (κ1) is 51.7. The van der Waals surface area contributed by atoms with Gasteiger partial charge in [0.1, 0.15) is 19.8 Å². The molecule has 0 aromatic heterocycles. The van der Waals surface area contributed by atoms with Gasteiger partial charge in [-0.25, -0.2) is 0 Å². The number of esters is 2. The highest BCUT2D eigenvalue weighted by Gasteiger charge is 2.21. The molecule has 0 rings (SSSR count). The molecule has 312 valence electrons. The third kappa shape index (κ3) is 39.4. The predicted molar refractivity (Wildman–Crippen MR) is 222 cm³/mol. The number of likely N-dealkylation sites (N-methyl/N-ethyl adjacent to an activating group) is 1. The Balaban J connectivity index is 4.51. The number of phosphoric ester groups is 1. The highest BCUT2D eigenvalue weighted by Crippen LogP contribution is 2.38. The summed E-state index contributed by atoms with van der Waals surface area (Å²) in [6.45, 7) is 4.00. The van der Waals surface area contributed by atoms with Crippen LogP contribution in [-0.4, -0.2) is 70.0 Å². The predicted octanol–water partition coefficient (Wildman–Crippen LogP) is 11.1. The van der Waals surface area contributed by atoms with Crippen LogP contribution in [0, 0.1) is 0 Å². The second kappa shape index (κ2) is 36.4. The van der Waals surface area contributed by atoms with E-state index in [1.807, 2.05) is 27.2 Å². The molecule has 0 radical (unpaired) electrons. The molecule has 0 bridgehead atoms. The van der Waals surface area contributed by atoms with Gasteiger partial charge in [-0.3, -0.25) is 14.2 Å². The monoisotopic (exact) mass is 780 g/mol. The third-order valence-electron chi connectivity index (χ3n) is 8.54. The number of ether oxygens (including phenoxy) is 2. The molecule has 9 nitrogen and oxygen atoms in total. The average Bonchev–Trinajstić information content (AvgIpc) is 3.12. The Hall–Kier alpha value is -2.29. The van der Waals surface area contributed by atoms with Gasteiger partial charge in [-0.1, -0.05) is 139 Å². The normalized spacial score (nSPS) is 14.3. The molecular weight excluding hydrogens is 701 g/mol. The minimum Gasteiger partial charge on any atom is -0.756 e. The number of allylic oxidation sites excluding steroid dienone is 10. The van der Waals surface area contributed by atoms with Crippen molar-refractivity contribution in [3.63, 3.8) is 0 Å². The zero-order chi connectivity index (χ0) is 40.0. The summed E-state index contributed by atoms with van der Waals surface area (Å²) in [6, 6.07) is 0. The second-order valence-corrected chi connectivity index (χ2v) is 16.4. The molecule has 0 spiro atoms. The molecule has 0 amide bonds. The van der Waals surface area contributed by atoms with E-state index in [1.165, 1.54) is 64.2 Å². The number of carbonyl (C=O) groups is 2. The van der Waals surface area contributed by atoms with Crippen molar-refractivity contribution >= 4 is 19.8 Å². The van der Waals surface area contributed by atoms with E-state index in [4.69, 9.17) is 18.5 Å². The Morgan fingerprint density at radius 2 is 1.09 bits per heavy atom. The molecule has 0 saturated carbocycles. The zero-order valence-electron chi connectivity index (χ0n) is 34.9. The van der Waals surface area contributed by atoms with Crippen LogP contribution in [0.15, 0.2) is 60.8 Å². The van der Waals surface area contributed by atoms with Crippen LogP contribution in [0.25, 0.3) is 0 Å². The summed E-state index contributed by atoms with van der Waals surface area (Å²) >= 11 is 0. The van der Waals surface area contributed by atoms with E-state index in [0.29, 0.717) is 23.9 Å². The number of carbonyl (C=O) groups excluding carboxylic acids is 2. The first-order valence-electron chi connectivity index (χ1n) is 21.0. The lowest BCUT2D eigenvalue weighted by molar-refractivity contribution is -0.870. The lowest BCUT2D eigenvalue weighted by Crippen LogP contribution is -2.37. The van der Waals surface area contributed by atoms with Crippen LogP contribution < -0.4 is 4.89 Å². The van der Waals surface area contributed by atoms with Crippen molar-refractivity contribution < 1.29 is 42.1 Å². The lowest BCUT2D eigenvalue weighted by atomic mass is 10.1. The Labute approximate surface area is 330 Å². The summed E-state index contributed by atoms with van der Waals surface area (Å²) < 4.78 is 33.7. The molecule has 0 aromatic carbocycles. The van der Waals surface area contributed by atoms with E-state index in [-0.39, 0.29) is 26.1 Å².